The Morgan fingerprint density at radius 3 is 2.89 bits per heavy atom. The molecule has 3 aromatic rings. The van der Waals surface area contributed by atoms with Crippen molar-refractivity contribution < 1.29 is 9.53 Å². The summed E-state index contributed by atoms with van der Waals surface area (Å²) in [5.74, 6) is -0.155. The Hall–Kier alpha value is -2.22. The van der Waals surface area contributed by atoms with Crippen molar-refractivity contribution in [1.29, 1.82) is 0 Å². The van der Waals surface area contributed by atoms with Crippen molar-refractivity contribution in [2.45, 2.75) is 13.0 Å². The maximum absolute atomic E-state index is 12.9. The van der Waals surface area contributed by atoms with Gasteiger partial charge in [0.2, 0.25) is 0 Å². The van der Waals surface area contributed by atoms with E-state index >= 15 is 0 Å². The number of halogens is 1. The number of amides is 1. The van der Waals surface area contributed by atoms with E-state index in [2.05, 4.69) is 44.2 Å². The van der Waals surface area contributed by atoms with E-state index in [0.717, 1.165) is 42.0 Å². The quantitative estimate of drug-likeness (QED) is 0.687. The van der Waals surface area contributed by atoms with E-state index in [0.29, 0.717) is 5.56 Å². The summed E-state index contributed by atoms with van der Waals surface area (Å²) in [6.45, 7) is 5.58. The summed E-state index contributed by atoms with van der Waals surface area (Å²) in [6.07, 6.45) is 3.51. The number of rotatable bonds is 4. The summed E-state index contributed by atoms with van der Waals surface area (Å²) in [6, 6.07) is 11.9. The Labute approximate surface area is 166 Å². The van der Waals surface area contributed by atoms with Crippen molar-refractivity contribution in [3.63, 3.8) is 0 Å². The van der Waals surface area contributed by atoms with Gasteiger partial charge >= 0.3 is 0 Å². The first-order valence-electron chi connectivity index (χ1n) is 8.98. The number of fused-ring (bicyclic) bond motifs is 1. The fourth-order valence-electron chi connectivity index (χ4n) is 3.44. The van der Waals surface area contributed by atoms with Gasteiger partial charge in [0.05, 0.1) is 35.0 Å². The number of hydrogen-bond acceptors (Lipinski definition) is 4. The van der Waals surface area contributed by atoms with E-state index in [-0.39, 0.29) is 11.9 Å². The van der Waals surface area contributed by atoms with Crippen molar-refractivity contribution in [3.05, 3.63) is 64.4 Å². The van der Waals surface area contributed by atoms with E-state index in [4.69, 9.17) is 4.74 Å². The van der Waals surface area contributed by atoms with E-state index in [1.165, 1.54) is 5.56 Å². The summed E-state index contributed by atoms with van der Waals surface area (Å²) in [4.78, 5) is 15.3. The van der Waals surface area contributed by atoms with Gasteiger partial charge in [0.1, 0.15) is 0 Å². The summed E-state index contributed by atoms with van der Waals surface area (Å²) in [7, 11) is 0. The lowest BCUT2D eigenvalue weighted by Gasteiger charge is -2.32. The Kier molecular flexibility index (Phi) is 5.24. The van der Waals surface area contributed by atoms with Crippen molar-refractivity contribution in [2.24, 2.45) is 0 Å². The second kappa shape index (κ2) is 7.80. The molecule has 1 amide bonds. The lowest BCUT2D eigenvalue weighted by molar-refractivity contribution is 0.0199. The van der Waals surface area contributed by atoms with Gasteiger partial charge in [-0.15, -0.1) is 0 Å². The lowest BCUT2D eigenvalue weighted by Crippen LogP contribution is -2.38. The summed E-state index contributed by atoms with van der Waals surface area (Å²) in [5, 5.41) is 7.25. The summed E-state index contributed by atoms with van der Waals surface area (Å²) in [5.41, 5.74) is 3.30. The van der Waals surface area contributed by atoms with Gasteiger partial charge in [0.15, 0.2) is 0 Å². The predicted molar refractivity (Wildman–Crippen MR) is 108 cm³/mol. The van der Waals surface area contributed by atoms with Gasteiger partial charge in [-0.1, -0.05) is 12.1 Å². The number of carbonyl (C=O) groups is 1. The van der Waals surface area contributed by atoms with Crippen molar-refractivity contribution in [2.75, 3.05) is 31.6 Å². The molecule has 2 aromatic heterocycles. The smallest absolute Gasteiger partial charge is 0.257 e. The van der Waals surface area contributed by atoms with E-state index in [9.17, 15) is 4.79 Å². The largest absolute Gasteiger partial charge is 0.379 e. The molecule has 1 atom stereocenters. The van der Waals surface area contributed by atoms with Gasteiger partial charge in [-0.3, -0.25) is 9.69 Å². The van der Waals surface area contributed by atoms with Crippen LogP contribution >= 0.6 is 15.9 Å². The Morgan fingerprint density at radius 1 is 1.26 bits per heavy atom. The summed E-state index contributed by atoms with van der Waals surface area (Å²) >= 11 is 3.47. The molecule has 6 nitrogen and oxygen atoms in total. The molecule has 4 rings (SSSR count). The van der Waals surface area contributed by atoms with Crippen LogP contribution in [0, 0.1) is 0 Å². The SMILES string of the molecule is CC(c1cccc(NC(=O)c2cccn3ncc(Br)c23)c1)N1CCOCC1. The van der Waals surface area contributed by atoms with Gasteiger partial charge < -0.3 is 10.1 Å². The van der Waals surface area contributed by atoms with E-state index < -0.39 is 0 Å². The molecule has 1 saturated heterocycles. The molecule has 7 heteroatoms. The zero-order chi connectivity index (χ0) is 18.8. The number of aromatic nitrogens is 2. The molecular weight excluding hydrogens is 408 g/mol. The predicted octanol–water partition coefficient (Wildman–Crippen LogP) is 3.74. The average molecular weight is 429 g/mol. The first-order chi connectivity index (χ1) is 13.1. The van der Waals surface area contributed by atoms with Crippen LogP contribution in [0.15, 0.2) is 53.3 Å². The van der Waals surface area contributed by atoms with Crippen LogP contribution in [0.3, 0.4) is 0 Å². The third-order valence-electron chi connectivity index (χ3n) is 4.96. The van der Waals surface area contributed by atoms with Crippen LogP contribution in [0.1, 0.15) is 28.9 Å². The molecule has 3 heterocycles. The molecule has 0 saturated carbocycles. The van der Waals surface area contributed by atoms with Crippen LogP contribution in [0.4, 0.5) is 5.69 Å². The standard InChI is InChI=1S/C20H21BrN4O2/c1-14(24-8-10-27-11-9-24)15-4-2-5-16(12-15)23-20(26)17-6-3-7-25-19(17)18(21)13-22-25/h2-7,12-14H,8-11H2,1H3,(H,23,26). The minimum absolute atomic E-state index is 0.155. The number of morpholine rings is 1. The van der Waals surface area contributed by atoms with Crippen LogP contribution in [0.2, 0.25) is 0 Å². The number of carbonyl (C=O) groups excluding carboxylic acids is 1. The number of ether oxygens (including phenoxy) is 1. The fraction of sp³-hybridized carbons (Fsp3) is 0.300. The van der Waals surface area contributed by atoms with Gasteiger partial charge in [-0.25, -0.2) is 4.52 Å². The molecule has 1 aliphatic heterocycles. The normalized spacial score (nSPS) is 16.4. The van der Waals surface area contributed by atoms with Crippen molar-refractivity contribution in [1.82, 2.24) is 14.5 Å². The van der Waals surface area contributed by atoms with Crippen LogP contribution < -0.4 is 5.32 Å². The Morgan fingerprint density at radius 2 is 2.07 bits per heavy atom. The van der Waals surface area contributed by atoms with Gasteiger partial charge in [-0.05, 0) is 52.7 Å². The third kappa shape index (κ3) is 3.76. The molecule has 140 valence electrons. The van der Waals surface area contributed by atoms with Crippen LogP contribution in [0.25, 0.3) is 5.52 Å². The Bertz CT molecular complexity index is 966. The highest BCUT2D eigenvalue weighted by Gasteiger charge is 2.19. The number of nitrogens with one attached hydrogen (secondary N) is 1. The number of benzene rings is 1. The van der Waals surface area contributed by atoms with E-state index in [1.807, 2.05) is 30.5 Å². The van der Waals surface area contributed by atoms with Gasteiger partial charge in [0, 0.05) is 31.0 Å². The molecular formula is C20H21BrN4O2. The minimum Gasteiger partial charge on any atom is -0.379 e. The maximum Gasteiger partial charge on any atom is 0.257 e. The molecule has 1 unspecified atom stereocenters. The number of hydrogen-bond donors (Lipinski definition) is 1. The minimum atomic E-state index is -0.155. The molecule has 1 aromatic carbocycles. The summed E-state index contributed by atoms with van der Waals surface area (Å²) < 4.78 is 7.92. The zero-order valence-electron chi connectivity index (χ0n) is 15.1. The second-order valence-corrected chi connectivity index (χ2v) is 7.47. The molecule has 0 spiro atoms. The van der Waals surface area contributed by atoms with Crippen LogP contribution in [0.5, 0.6) is 0 Å². The molecule has 0 radical (unpaired) electrons. The molecule has 27 heavy (non-hydrogen) atoms. The van der Waals surface area contributed by atoms with Gasteiger partial charge in [-0.2, -0.15) is 5.10 Å². The van der Waals surface area contributed by atoms with Crippen molar-refractivity contribution in [3.8, 4) is 0 Å². The maximum atomic E-state index is 12.9. The molecule has 0 bridgehead atoms. The molecule has 1 N–H and O–H groups in total. The highest BCUT2D eigenvalue weighted by molar-refractivity contribution is 9.10. The number of nitrogens with zero attached hydrogens (tertiary/aromatic N) is 3. The molecule has 1 fully saturated rings. The number of pyridine rings is 1. The first-order valence-corrected chi connectivity index (χ1v) is 9.78. The fourth-order valence-corrected chi connectivity index (χ4v) is 3.93. The average Bonchev–Trinajstić information content (AvgIpc) is 3.09. The highest BCUT2D eigenvalue weighted by atomic mass is 79.9. The Balaban J connectivity index is 1.55. The third-order valence-corrected chi connectivity index (χ3v) is 5.54. The van der Waals surface area contributed by atoms with Crippen LogP contribution in [-0.4, -0.2) is 46.7 Å². The molecule has 1 aliphatic rings. The monoisotopic (exact) mass is 428 g/mol. The van der Waals surface area contributed by atoms with Gasteiger partial charge in [0.25, 0.3) is 5.91 Å². The molecule has 0 aliphatic carbocycles. The first kappa shape index (κ1) is 18.2. The van der Waals surface area contributed by atoms with Crippen molar-refractivity contribution >= 4 is 33.0 Å². The van der Waals surface area contributed by atoms with E-state index in [1.54, 1.807) is 16.8 Å². The van der Waals surface area contributed by atoms with Crippen LogP contribution in [-0.2, 0) is 4.74 Å². The lowest BCUT2D eigenvalue weighted by atomic mass is 10.1. The topological polar surface area (TPSA) is 58.9 Å². The highest BCUT2D eigenvalue weighted by Crippen LogP contribution is 2.25. The number of anilines is 1. The second-order valence-electron chi connectivity index (χ2n) is 6.61. The zero-order valence-corrected chi connectivity index (χ0v) is 16.6.